The van der Waals surface area contributed by atoms with Gasteiger partial charge in [0.1, 0.15) is 17.9 Å². The Morgan fingerprint density at radius 3 is 2.15 bits per heavy atom. The quantitative estimate of drug-likeness (QED) is 0.591. The number of amides is 1. The summed E-state index contributed by atoms with van der Waals surface area (Å²) in [6.45, 7) is 0.485. The van der Waals surface area contributed by atoms with Gasteiger partial charge in [-0.25, -0.2) is 9.59 Å². The number of fused-ring (bicyclic) bond motifs is 3. The van der Waals surface area contributed by atoms with E-state index in [1.54, 1.807) is 12.1 Å². The SMILES string of the molecule is O=C(OCC1c2ccccc2-c2ccccc21)N1CCCC1(Cc1ccc(O)cc1)C(=O)O. The fourth-order valence-electron chi connectivity index (χ4n) is 5.25. The van der Waals surface area contributed by atoms with Crippen molar-refractivity contribution in [1.82, 2.24) is 4.90 Å². The number of hydrogen-bond acceptors (Lipinski definition) is 4. The van der Waals surface area contributed by atoms with Crippen molar-refractivity contribution in [3.8, 4) is 16.9 Å². The molecule has 1 atom stereocenters. The normalized spacial score (nSPS) is 19.2. The molecule has 1 amide bonds. The van der Waals surface area contributed by atoms with E-state index in [0.29, 0.717) is 19.4 Å². The molecule has 0 aromatic heterocycles. The van der Waals surface area contributed by atoms with Crippen molar-refractivity contribution in [2.75, 3.05) is 13.2 Å². The van der Waals surface area contributed by atoms with Gasteiger partial charge < -0.3 is 14.9 Å². The molecule has 1 heterocycles. The molecule has 2 aliphatic rings. The van der Waals surface area contributed by atoms with Gasteiger partial charge in [-0.1, -0.05) is 60.7 Å². The molecule has 2 N–H and O–H groups in total. The number of hydrogen-bond donors (Lipinski definition) is 2. The minimum atomic E-state index is -1.36. The van der Waals surface area contributed by atoms with E-state index in [1.165, 1.54) is 17.0 Å². The van der Waals surface area contributed by atoms with Crippen molar-refractivity contribution in [1.29, 1.82) is 0 Å². The molecule has 0 spiro atoms. The van der Waals surface area contributed by atoms with Crippen molar-refractivity contribution in [3.05, 3.63) is 89.5 Å². The summed E-state index contributed by atoms with van der Waals surface area (Å²) >= 11 is 0. The van der Waals surface area contributed by atoms with Gasteiger partial charge in [-0.15, -0.1) is 0 Å². The van der Waals surface area contributed by atoms with Gasteiger partial charge in [-0.2, -0.15) is 0 Å². The molecule has 3 aromatic carbocycles. The maximum absolute atomic E-state index is 13.2. The number of carbonyl (C=O) groups is 2. The van der Waals surface area contributed by atoms with E-state index < -0.39 is 17.6 Å². The number of rotatable bonds is 5. The second kappa shape index (κ2) is 8.28. The fraction of sp³-hybridized carbons (Fsp3) is 0.259. The van der Waals surface area contributed by atoms with E-state index in [9.17, 15) is 19.8 Å². The molecule has 1 fully saturated rings. The standard InChI is InChI=1S/C27H25NO5/c29-19-12-10-18(11-13-19)16-27(25(30)31)14-5-15-28(27)26(32)33-17-24-22-8-3-1-6-20(22)21-7-2-4-9-23(21)24/h1-4,6-13,24,29H,5,14-17H2,(H,30,31). The number of aromatic hydroxyl groups is 1. The molecule has 1 aliphatic carbocycles. The number of likely N-dealkylation sites (tertiary alicyclic amines) is 1. The van der Waals surface area contributed by atoms with Crippen LogP contribution in [-0.4, -0.2) is 45.9 Å². The highest BCUT2D eigenvalue weighted by atomic mass is 16.6. The van der Waals surface area contributed by atoms with Crippen LogP contribution in [0, 0.1) is 0 Å². The lowest BCUT2D eigenvalue weighted by Gasteiger charge is -2.34. The summed E-state index contributed by atoms with van der Waals surface area (Å²) in [5.74, 6) is -1.01. The van der Waals surface area contributed by atoms with Gasteiger partial charge >= 0.3 is 12.1 Å². The summed E-state index contributed by atoms with van der Waals surface area (Å²) in [4.78, 5) is 27.0. The number of carboxylic acids is 1. The summed E-state index contributed by atoms with van der Waals surface area (Å²) in [5.41, 5.74) is 3.89. The van der Waals surface area contributed by atoms with Crippen LogP contribution < -0.4 is 0 Å². The zero-order valence-corrected chi connectivity index (χ0v) is 18.1. The number of benzene rings is 3. The van der Waals surface area contributed by atoms with E-state index >= 15 is 0 Å². The third kappa shape index (κ3) is 3.61. The molecular formula is C27H25NO5. The molecule has 33 heavy (non-hydrogen) atoms. The molecule has 3 aromatic rings. The summed E-state index contributed by atoms with van der Waals surface area (Å²) < 4.78 is 5.77. The zero-order valence-electron chi connectivity index (χ0n) is 18.1. The predicted octanol–water partition coefficient (Wildman–Crippen LogP) is 4.80. The summed E-state index contributed by atoms with van der Waals surface area (Å²) in [6, 6.07) is 22.6. The predicted molar refractivity (Wildman–Crippen MR) is 123 cm³/mol. The maximum Gasteiger partial charge on any atom is 0.410 e. The first-order valence-electron chi connectivity index (χ1n) is 11.1. The van der Waals surface area contributed by atoms with Crippen LogP contribution >= 0.6 is 0 Å². The van der Waals surface area contributed by atoms with E-state index in [0.717, 1.165) is 27.8 Å². The summed E-state index contributed by atoms with van der Waals surface area (Å²) in [7, 11) is 0. The van der Waals surface area contributed by atoms with E-state index in [1.807, 2.05) is 24.3 Å². The first-order chi connectivity index (χ1) is 16.0. The molecule has 1 saturated heterocycles. The largest absolute Gasteiger partial charge is 0.508 e. The van der Waals surface area contributed by atoms with E-state index in [-0.39, 0.29) is 24.7 Å². The van der Waals surface area contributed by atoms with Crippen molar-refractivity contribution in [3.63, 3.8) is 0 Å². The first-order valence-corrected chi connectivity index (χ1v) is 11.1. The number of ether oxygens (including phenoxy) is 1. The molecule has 1 unspecified atom stereocenters. The van der Waals surface area contributed by atoms with Gasteiger partial charge in [0.25, 0.3) is 0 Å². The van der Waals surface area contributed by atoms with Crippen LogP contribution in [0.15, 0.2) is 72.8 Å². The summed E-state index contributed by atoms with van der Waals surface area (Å²) in [5, 5.41) is 19.7. The zero-order chi connectivity index (χ0) is 23.0. The minimum Gasteiger partial charge on any atom is -0.508 e. The lowest BCUT2D eigenvalue weighted by molar-refractivity contribution is -0.148. The number of carboxylic acid groups (broad SMARTS) is 1. The summed E-state index contributed by atoms with van der Waals surface area (Å²) in [6.07, 6.45) is 0.505. The number of phenols is 1. The monoisotopic (exact) mass is 443 g/mol. The van der Waals surface area contributed by atoms with Crippen molar-refractivity contribution >= 4 is 12.1 Å². The third-order valence-electron chi connectivity index (χ3n) is 6.88. The van der Waals surface area contributed by atoms with Crippen LogP contribution in [-0.2, 0) is 16.0 Å². The molecule has 5 rings (SSSR count). The number of phenolic OH excluding ortho intramolecular Hbond substituents is 1. The Morgan fingerprint density at radius 2 is 1.55 bits per heavy atom. The van der Waals surface area contributed by atoms with Crippen molar-refractivity contribution in [2.45, 2.75) is 30.7 Å². The van der Waals surface area contributed by atoms with Crippen LogP contribution in [0.1, 0.15) is 35.4 Å². The Morgan fingerprint density at radius 1 is 0.939 bits per heavy atom. The third-order valence-corrected chi connectivity index (χ3v) is 6.88. The van der Waals surface area contributed by atoms with Gasteiger partial charge in [0.05, 0.1) is 0 Å². The average molecular weight is 443 g/mol. The van der Waals surface area contributed by atoms with Crippen LogP contribution in [0.3, 0.4) is 0 Å². The minimum absolute atomic E-state index is 0.0831. The first kappa shape index (κ1) is 21.1. The lowest BCUT2D eigenvalue weighted by atomic mass is 9.88. The Balaban J connectivity index is 1.37. The highest BCUT2D eigenvalue weighted by Crippen LogP contribution is 2.44. The Hall–Kier alpha value is -3.80. The second-order valence-electron chi connectivity index (χ2n) is 8.74. The van der Waals surface area contributed by atoms with Crippen LogP contribution in [0.4, 0.5) is 4.79 Å². The molecule has 6 heteroatoms. The van der Waals surface area contributed by atoms with Gasteiger partial charge in [-0.3, -0.25) is 4.90 Å². The molecule has 0 saturated carbocycles. The second-order valence-corrected chi connectivity index (χ2v) is 8.74. The number of nitrogens with zero attached hydrogens (tertiary/aromatic N) is 1. The molecule has 6 nitrogen and oxygen atoms in total. The van der Waals surface area contributed by atoms with Gasteiger partial charge in [0.15, 0.2) is 0 Å². The fourth-order valence-corrected chi connectivity index (χ4v) is 5.25. The average Bonchev–Trinajstić information content (AvgIpc) is 3.39. The van der Waals surface area contributed by atoms with Crippen molar-refractivity contribution < 1.29 is 24.5 Å². The highest BCUT2D eigenvalue weighted by molar-refractivity contribution is 5.86. The smallest absolute Gasteiger partial charge is 0.410 e. The molecule has 168 valence electrons. The van der Waals surface area contributed by atoms with Gasteiger partial charge in [0.2, 0.25) is 0 Å². The van der Waals surface area contributed by atoms with Crippen LogP contribution in [0.5, 0.6) is 5.75 Å². The molecule has 0 radical (unpaired) electrons. The van der Waals surface area contributed by atoms with E-state index in [4.69, 9.17) is 4.74 Å². The highest BCUT2D eigenvalue weighted by Gasteiger charge is 2.51. The maximum atomic E-state index is 13.2. The van der Waals surface area contributed by atoms with Crippen molar-refractivity contribution in [2.24, 2.45) is 0 Å². The molecule has 0 bridgehead atoms. The Labute approximate surface area is 192 Å². The van der Waals surface area contributed by atoms with Gasteiger partial charge in [0, 0.05) is 18.9 Å². The molecule has 1 aliphatic heterocycles. The van der Waals surface area contributed by atoms with Gasteiger partial charge in [-0.05, 0) is 52.8 Å². The Kier molecular flexibility index (Phi) is 5.29. The Bertz CT molecular complexity index is 1160. The number of aliphatic carboxylic acids is 1. The topological polar surface area (TPSA) is 87.1 Å². The lowest BCUT2D eigenvalue weighted by Crippen LogP contribution is -2.54. The number of carbonyl (C=O) groups excluding carboxylic acids is 1. The van der Waals surface area contributed by atoms with E-state index in [2.05, 4.69) is 24.3 Å². The van der Waals surface area contributed by atoms with Crippen LogP contribution in [0.2, 0.25) is 0 Å². The van der Waals surface area contributed by atoms with Crippen LogP contribution in [0.25, 0.3) is 11.1 Å². The molecular weight excluding hydrogens is 418 g/mol.